The smallest absolute Gasteiger partial charge is 0.251 e. The maximum atomic E-state index is 12.4. The SMILES string of the molecule is Cc1cc2cc(CNC(=O)c3ccc(-n4cccc4)cc3)ccc2[nH]c1=O. The van der Waals surface area contributed by atoms with E-state index >= 15 is 0 Å². The van der Waals surface area contributed by atoms with Crippen molar-refractivity contribution >= 4 is 16.8 Å². The Balaban J connectivity index is 1.46. The lowest BCUT2D eigenvalue weighted by Crippen LogP contribution is -2.22. The predicted octanol–water partition coefficient (Wildman–Crippen LogP) is 3.56. The van der Waals surface area contributed by atoms with Crippen molar-refractivity contribution in [2.75, 3.05) is 0 Å². The summed E-state index contributed by atoms with van der Waals surface area (Å²) in [6.45, 7) is 2.20. The molecule has 0 spiro atoms. The summed E-state index contributed by atoms with van der Waals surface area (Å²) >= 11 is 0. The van der Waals surface area contributed by atoms with Gasteiger partial charge in [0, 0.05) is 41.3 Å². The third-order valence-electron chi connectivity index (χ3n) is 4.58. The van der Waals surface area contributed by atoms with Crippen LogP contribution in [0.4, 0.5) is 0 Å². The molecule has 134 valence electrons. The van der Waals surface area contributed by atoms with Crippen molar-refractivity contribution in [3.05, 3.63) is 100 Å². The van der Waals surface area contributed by atoms with Crippen LogP contribution < -0.4 is 10.9 Å². The number of fused-ring (bicyclic) bond motifs is 1. The first-order chi connectivity index (χ1) is 13.1. The van der Waals surface area contributed by atoms with E-state index in [9.17, 15) is 9.59 Å². The third-order valence-corrected chi connectivity index (χ3v) is 4.58. The quantitative estimate of drug-likeness (QED) is 0.586. The minimum absolute atomic E-state index is 0.0769. The van der Waals surface area contributed by atoms with Gasteiger partial charge in [-0.2, -0.15) is 0 Å². The number of carbonyl (C=O) groups excluding carboxylic acids is 1. The number of hydrogen-bond acceptors (Lipinski definition) is 2. The molecule has 4 rings (SSSR count). The van der Waals surface area contributed by atoms with Crippen molar-refractivity contribution in [1.82, 2.24) is 14.9 Å². The lowest BCUT2D eigenvalue weighted by Gasteiger charge is -2.08. The number of nitrogens with zero attached hydrogens (tertiary/aromatic N) is 1. The van der Waals surface area contributed by atoms with Crippen LogP contribution in [0.5, 0.6) is 0 Å². The van der Waals surface area contributed by atoms with E-state index in [0.717, 1.165) is 22.2 Å². The van der Waals surface area contributed by atoms with E-state index in [1.807, 2.05) is 77.6 Å². The zero-order valence-electron chi connectivity index (χ0n) is 14.9. The third kappa shape index (κ3) is 3.53. The second-order valence-corrected chi connectivity index (χ2v) is 6.52. The number of rotatable bonds is 4. The first-order valence-electron chi connectivity index (χ1n) is 8.74. The Morgan fingerprint density at radius 3 is 2.52 bits per heavy atom. The molecule has 2 aromatic carbocycles. The Labute approximate surface area is 156 Å². The molecule has 2 heterocycles. The molecule has 5 heteroatoms. The maximum absolute atomic E-state index is 12.4. The number of aromatic amines is 1. The number of carbonyl (C=O) groups is 1. The standard InChI is InChI=1S/C22H19N3O2/c1-15-12-18-13-16(4-9-20(18)24-21(15)26)14-23-22(27)17-5-7-19(8-6-17)25-10-2-3-11-25/h2-13H,14H2,1H3,(H,23,27)(H,24,26). The maximum Gasteiger partial charge on any atom is 0.251 e. The summed E-state index contributed by atoms with van der Waals surface area (Å²) in [5, 5.41) is 3.90. The lowest BCUT2D eigenvalue weighted by atomic mass is 10.1. The second-order valence-electron chi connectivity index (χ2n) is 6.52. The van der Waals surface area contributed by atoms with Gasteiger partial charge in [-0.05, 0) is 72.5 Å². The fourth-order valence-electron chi connectivity index (χ4n) is 3.05. The van der Waals surface area contributed by atoms with E-state index in [4.69, 9.17) is 0 Å². The van der Waals surface area contributed by atoms with Gasteiger partial charge in [-0.3, -0.25) is 9.59 Å². The molecule has 27 heavy (non-hydrogen) atoms. The number of amides is 1. The van der Waals surface area contributed by atoms with Crippen LogP contribution in [0.2, 0.25) is 0 Å². The van der Waals surface area contributed by atoms with Crippen LogP contribution in [0.15, 0.2) is 77.9 Å². The van der Waals surface area contributed by atoms with Gasteiger partial charge in [0.2, 0.25) is 0 Å². The van der Waals surface area contributed by atoms with Crippen LogP contribution in [0, 0.1) is 6.92 Å². The van der Waals surface area contributed by atoms with Crippen LogP contribution in [0.1, 0.15) is 21.5 Å². The van der Waals surface area contributed by atoms with Gasteiger partial charge in [0.25, 0.3) is 11.5 Å². The zero-order valence-corrected chi connectivity index (χ0v) is 14.9. The van der Waals surface area contributed by atoms with E-state index in [1.54, 1.807) is 6.92 Å². The number of hydrogen-bond donors (Lipinski definition) is 2. The number of aryl methyl sites for hydroxylation is 1. The highest BCUT2D eigenvalue weighted by Crippen LogP contribution is 2.14. The van der Waals surface area contributed by atoms with Crippen LogP contribution >= 0.6 is 0 Å². The topological polar surface area (TPSA) is 66.9 Å². The summed E-state index contributed by atoms with van der Waals surface area (Å²) in [6, 6.07) is 19.0. The molecule has 0 saturated heterocycles. The molecule has 5 nitrogen and oxygen atoms in total. The number of benzene rings is 2. The van der Waals surface area contributed by atoms with Crippen molar-refractivity contribution in [2.24, 2.45) is 0 Å². The highest BCUT2D eigenvalue weighted by Gasteiger charge is 2.07. The average molecular weight is 357 g/mol. The molecule has 0 fully saturated rings. The van der Waals surface area contributed by atoms with Crippen molar-refractivity contribution < 1.29 is 4.79 Å². The van der Waals surface area contributed by atoms with Crippen molar-refractivity contribution in [3.8, 4) is 5.69 Å². The molecular formula is C22H19N3O2. The molecule has 0 bridgehead atoms. The number of nitrogens with one attached hydrogen (secondary N) is 2. The molecule has 0 radical (unpaired) electrons. The molecule has 2 aromatic heterocycles. The molecule has 1 amide bonds. The van der Waals surface area contributed by atoms with Gasteiger partial charge in [0.15, 0.2) is 0 Å². The number of aromatic nitrogens is 2. The molecule has 0 saturated carbocycles. The van der Waals surface area contributed by atoms with Gasteiger partial charge in [-0.15, -0.1) is 0 Å². The van der Waals surface area contributed by atoms with Crippen molar-refractivity contribution in [1.29, 1.82) is 0 Å². The first kappa shape index (κ1) is 16.8. The van der Waals surface area contributed by atoms with Crippen LogP contribution in [-0.2, 0) is 6.54 Å². The minimum atomic E-state index is -0.119. The summed E-state index contributed by atoms with van der Waals surface area (Å²) in [5.41, 5.74) is 3.99. The highest BCUT2D eigenvalue weighted by atomic mass is 16.1. The lowest BCUT2D eigenvalue weighted by molar-refractivity contribution is 0.0951. The summed E-state index contributed by atoms with van der Waals surface area (Å²) < 4.78 is 1.99. The van der Waals surface area contributed by atoms with Gasteiger partial charge in [-0.1, -0.05) is 6.07 Å². The van der Waals surface area contributed by atoms with E-state index in [2.05, 4.69) is 10.3 Å². The molecule has 0 unspecified atom stereocenters. The summed E-state index contributed by atoms with van der Waals surface area (Å²) in [4.78, 5) is 26.9. The fraction of sp³-hybridized carbons (Fsp3) is 0.0909. The molecule has 0 atom stereocenters. The van der Waals surface area contributed by atoms with Crippen LogP contribution in [0.25, 0.3) is 16.6 Å². The van der Waals surface area contributed by atoms with E-state index in [-0.39, 0.29) is 11.5 Å². The molecular weight excluding hydrogens is 338 g/mol. The van der Waals surface area contributed by atoms with Crippen LogP contribution in [0.3, 0.4) is 0 Å². The monoisotopic (exact) mass is 357 g/mol. The molecule has 4 aromatic rings. The second kappa shape index (κ2) is 6.96. The first-order valence-corrected chi connectivity index (χ1v) is 8.74. The molecule has 0 aliphatic carbocycles. The van der Waals surface area contributed by atoms with Gasteiger partial charge >= 0.3 is 0 Å². The molecule has 0 aliphatic rings. The van der Waals surface area contributed by atoms with E-state index in [0.29, 0.717) is 17.7 Å². The summed E-state index contributed by atoms with van der Waals surface area (Å²) in [5.74, 6) is -0.119. The Morgan fingerprint density at radius 2 is 1.78 bits per heavy atom. The van der Waals surface area contributed by atoms with Gasteiger partial charge < -0.3 is 14.9 Å². The fourth-order valence-corrected chi connectivity index (χ4v) is 3.05. The Bertz CT molecular complexity index is 1160. The molecule has 2 N–H and O–H groups in total. The largest absolute Gasteiger partial charge is 0.348 e. The highest BCUT2D eigenvalue weighted by molar-refractivity contribution is 5.94. The zero-order chi connectivity index (χ0) is 18.8. The number of H-pyrrole nitrogens is 1. The Kier molecular flexibility index (Phi) is 4.34. The Hall–Kier alpha value is -3.60. The van der Waals surface area contributed by atoms with Crippen LogP contribution in [-0.4, -0.2) is 15.5 Å². The van der Waals surface area contributed by atoms with Gasteiger partial charge in [0.1, 0.15) is 0 Å². The normalized spacial score (nSPS) is 10.9. The summed E-state index contributed by atoms with van der Waals surface area (Å²) in [6.07, 6.45) is 3.92. The van der Waals surface area contributed by atoms with Crippen molar-refractivity contribution in [2.45, 2.75) is 13.5 Å². The van der Waals surface area contributed by atoms with Gasteiger partial charge in [0.05, 0.1) is 0 Å². The molecule has 0 aliphatic heterocycles. The Morgan fingerprint density at radius 1 is 1.04 bits per heavy atom. The minimum Gasteiger partial charge on any atom is -0.348 e. The summed E-state index contributed by atoms with van der Waals surface area (Å²) in [7, 11) is 0. The van der Waals surface area contributed by atoms with E-state index < -0.39 is 0 Å². The predicted molar refractivity (Wildman–Crippen MR) is 106 cm³/mol. The van der Waals surface area contributed by atoms with Gasteiger partial charge in [-0.25, -0.2) is 0 Å². The van der Waals surface area contributed by atoms with E-state index in [1.165, 1.54) is 0 Å². The average Bonchev–Trinajstić information content (AvgIpc) is 3.22. The number of pyridine rings is 1. The van der Waals surface area contributed by atoms with Crippen molar-refractivity contribution in [3.63, 3.8) is 0 Å².